The fraction of sp³-hybridized carbons (Fsp3) is 0.750. The second kappa shape index (κ2) is 5.87. The van der Waals surface area contributed by atoms with Crippen LogP contribution < -0.4 is 5.32 Å². The number of aliphatic hydroxyl groups excluding tert-OH is 4. The Balaban J connectivity index is 2.85. The van der Waals surface area contributed by atoms with Gasteiger partial charge in [-0.05, 0) is 26.3 Å². The lowest BCUT2D eigenvalue weighted by atomic mass is 9.88. The molecule has 0 aliphatic heterocycles. The van der Waals surface area contributed by atoms with Gasteiger partial charge in [0.25, 0.3) is 0 Å². The van der Waals surface area contributed by atoms with Crippen molar-refractivity contribution in [3.05, 3.63) is 11.6 Å². The Morgan fingerprint density at radius 2 is 2.00 bits per heavy atom. The van der Waals surface area contributed by atoms with Gasteiger partial charge in [0.2, 0.25) is 0 Å². The lowest BCUT2D eigenvalue weighted by molar-refractivity contribution is -0.0647. The molecule has 0 aromatic heterocycles. The summed E-state index contributed by atoms with van der Waals surface area (Å²) in [7, 11) is 0. The third-order valence-electron chi connectivity index (χ3n) is 2.59. The van der Waals surface area contributed by atoms with Gasteiger partial charge in [-0.15, -0.1) is 0 Å². The van der Waals surface area contributed by atoms with Crippen LogP contribution in [0.25, 0.3) is 0 Å². The van der Waals surface area contributed by atoms with Gasteiger partial charge < -0.3 is 30.5 Å². The fourth-order valence-electron chi connectivity index (χ4n) is 1.69. The minimum Gasteiger partial charge on any atom is -0.444 e. The number of ether oxygens (including phenoxy) is 1. The van der Waals surface area contributed by atoms with E-state index in [-0.39, 0.29) is 5.57 Å². The molecule has 0 heterocycles. The SMILES string of the molecule is [3H]C(O)C1=C[C@H](NC(=O)OC(C)(C)C)[C@H](O)[C@@H](O)[C@@H]1O. The smallest absolute Gasteiger partial charge is 0.408 e. The number of rotatable bonds is 2. The maximum atomic E-state index is 11.6. The maximum Gasteiger partial charge on any atom is 0.408 e. The van der Waals surface area contributed by atoms with Crippen molar-refractivity contribution in [2.24, 2.45) is 0 Å². The molecule has 7 heteroatoms. The lowest BCUT2D eigenvalue weighted by Gasteiger charge is -2.34. The summed E-state index contributed by atoms with van der Waals surface area (Å²) < 4.78 is 12.2. The third kappa shape index (κ3) is 4.17. The van der Waals surface area contributed by atoms with Crippen LogP contribution in [0.15, 0.2) is 11.6 Å². The number of alkyl carbamates (subject to hydrolysis) is 1. The van der Waals surface area contributed by atoms with Gasteiger partial charge in [0.05, 0.1) is 14.0 Å². The Kier molecular flexibility index (Phi) is 4.41. The maximum absolute atomic E-state index is 11.6. The molecule has 7 nitrogen and oxygen atoms in total. The third-order valence-corrected chi connectivity index (χ3v) is 2.59. The molecule has 0 fully saturated rings. The molecule has 5 atom stereocenters. The lowest BCUT2D eigenvalue weighted by Crippen LogP contribution is -2.55. The Hall–Kier alpha value is -1.15. The van der Waals surface area contributed by atoms with Crippen LogP contribution in [0.2, 0.25) is 0 Å². The number of hydrogen-bond donors (Lipinski definition) is 5. The molecule has 1 rings (SSSR count). The number of carbonyl (C=O) groups is 1. The molecule has 5 N–H and O–H groups in total. The van der Waals surface area contributed by atoms with Gasteiger partial charge in [-0.2, -0.15) is 0 Å². The standard InChI is InChI=1S/C12H21NO6/c1-12(2,3)19-11(18)13-7-4-6(5-14)8(15)10(17)9(7)16/h4,7-10,14-17H,5H2,1-3H3,(H,13,18)/t7-,8+,9-,10-/m0/s1/i5T/t5?,7-,8+,9-,10-. The Labute approximate surface area is 112 Å². The minimum atomic E-state index is -1.75. The van der Waals surface area contributed by atoms with Crippen LogP contribution in [0, 0.1) is 0 Å². The van der Waals surface area contributed by atoms with E-state index < -0.39 is 42.6 Å². The molecule has 0 spiro atoms. The summed E-state index contributed by atoms with van der Waals surface area (Å²) in [5.41, 5.74) is -0.924. The largest absolute Gasteiger partial charge is 0.444 e. The van der Waals surface area contributed by atoms with E-state index >= 15 is 0 Å². The van der Waals surface area contributed by atoms with E-state index in [9.17, 15) is 25.2 Å². The molecule has 0 aromatic carbocycles. The zero-order valence-corrected chi connectivity index (χ0v) is 11.1. The average Bonchev–Trinajstić information content (AvgIpc) is 2.27. The zero-order valence-electron chi connectivity index (χ0n) is 12.1. The Morgan fingerprint density at radius 1 is 1.42 bits per heavy atom. The van der Waals surface area contributed by atoms with Crippen molar-refractivity contribution >= 4 is 6.09 Å². The van der Waals surface area contributed by atoms with Crippen LogP contribution in [-0.4, -0.2) is 63.1 Å². The van der Waals surface area contributed by atoms with Gasteiger partial charge >= 0.3 is 6.09 Å². The summed E-state index contributed by atoms with van der Waals surface area (Å²) in [4.78, 5) is 11.6. The van der Waals surface area contributed by atoms with Crippen molar-refractivity contribution in [3.8, 4) is 0 Å². The monoisotopic (exact) mass is 277 g/mol. The van der Waals surface area contributed by atoms with Gasteiger partial charge in [-0.3, -0.25) is 0 Å². The van der Waals surface area contributed by atoms with E-state index in [0.29, 0.717) is 0 Å². The molecule has 1 amide bonds. The van der Waals surface area contributed by atoms with Crippen LogP contribution >= 0.6 is 0 Å². The molecule has 0 saturated heterocycles. The number of aliphatic hydroxyl groups is 4. The summed E-state index contributed by atoms with van der Waals surface area (Å²) in [5.74, 6) is 0. The van der Waals surface area contributed by atoms with Crippen LogP contribution in [0.3, 0.4) is 0 Å². The molecule has 0 radical (unpaired) electrons. The van der Waals surface area contributed by atoms with E-state index in [1.807, 2.05) is 0 Å². The summed E-state index contributed by atoms with van der Waals surface area (Å²) in [6.45, 7) is 3.24. The second-order valence-electron chi connectivity index (χ2n) is 5.39. The van der Waals surface area contributed by atoms with E-state index in [0.717, 1.165) is 6.08 Å². The molecule has 19 heavy (non-hydrogen) atoms. The summed E-state index contributed by atoms with van der Waals surface area (Å²) in [6, 6.07) is -1.07. The van der Waals surface area contributed by atoms with Gasteiger partial charge in [-0.1, -0.05) is 6.08 Å². The molecule has 0 saturated carbocycles. The molecule has 1 unspecified atom stereocenters. The number of hydrogen-bond acceptors (Lipinski definition) is 6. The topological polar surface area (TPSA) is 119 Å². The molecular formula is C12H21NO6. The fourth-order valence-corrected chi connectivity index (χ4v) is 1.69. The van der Waals surface area contributed by atoms with E-state index in [1.54, 1.807) is 20.8 Å². The molecule has 1 aliphatic carbocycles. The van der Waals surface area contributed by atoms with E-state index in [1.165, 1.54) is 0 Å². The summed E-state index contributed by atoms with van der Waals surface area (Å²) >= 11 is 0. The van der Waals surface area contributed by atoms with Crippen molar-refractivity contribution in [2.45, 2.75) is 50.7 Å². The quantitative estimate of drug-likeness (QED) is 0.409. The van der Waals surface area contributed by atoms with Crippen LogP contribution in [0.1, 0.15) is 22.1 Å². The van der Waals surface area contributed by atoms with Crippen LogP contribution in [0.4, 0.5) is 4.79 Å². The van der Waals surface area contributed by atoms with Crippen molar-refractivity contribution in [2.75, 3.05) is 6.58 Å². The van der Waals surface area contributed by atoms with E-state index in [2.05, 4.69) is 5.32 Å². The highest BCUT2D eigenvalue weighted by atomic mass is 16.6. The zero-order chi connectivity index (χ0) is 15.7. The van der Waals surface area contributed by atoms with E-state index in [4.69, 9.17) is 6.11 Å². The average molecular weight is 277 g/mol. The molecular weight excluding hydrogens is 254 g/mol. The molecule has 0 aromatic rings. The highest BCUT2D eigenvalue weighted by molar-refractivity contribution is 5.68. The normalized spacial score (nSPS) is 34.1. The first-order valence-corrected chi connectivity index (χ1v) is 5.88. The first-order valence-electron chi connectivity index (χ1n) is 6.46. The highest BCUT2D eigenvalue weighted by Crippen LogP contribution is 2.20. The first kappa shape index (κ1) is 14.3. The molecule has 110 valence electrons. The summed E-state index contributed by atoms with van der Waals surface area (Å²) in [5, 5.41) is 40.6. The molecule has 0 bridgehead atoms. The van der Waals surface area contributed by atoms with Crippen molar-refractivity contribution in [1.29, 1.82) is 0 Å². The minimum absolute atomic E-state index is 0.191. The summed E-state index contributed by atoms with van der Waals surface area (Å²) in [6.07, 6.45) is -4.33. The number of carbonyl (C=O) groups excluding carboxylic acids is 1. The predicted octanol–water partition coefficient (Wildman–Crippen LogP) is -1.11. The number of nitrogens with one attached hydrogen (secondary N) is 1. The Bertz CT molecular complexity index is 392. The van der Waals surface area contributed by atoms with Crippen LogP contribution in [0.5, 0.6) is 0 Å². The van der Waals surface area contributed by atoms with Crippen molar-refractivity contribution in [1.82, 2.24) is 5.32 Å². The highest BCUT2D eigenvalue weighted by Gasteiger charge is 2.38. The Morgan fingerprint density at radius 3 is 2.47 bits per heavy atom. The molecule has 1 aliphatic rings. The van der Waals surface area contributed by atoms with Crippen molar-refractivity contribution in [3.63, 3.8) is 0 Å². The van der Waals surface area contributed by atoms with Gasteiger partial charge in [0, 0.05) is 0 Å². The predicted molar refractivity (Wildman–Crippen MR) is 66.3 cm³/mol. The second-order valence-corrected chi connectivity index (χ2v) is 5.39. The first-order chi connectivity index (χ1) is 9.03. The van der Waals surface area contributed by atoms with Crippen molar-refractivity contribution < 1.29 is 31.3 Å². The van der Waals surface area contributed by atoms with Gasteiger partial charge in [-0.25, -0.2) is 4.79 Å². The van der Waals surface area contributed by atoms with Gasteiger partial charge in [0.15, 0.2) is 0 Å². The van der Waals surface area contributed by atoms with Gasteiger partial charge in [0.1, 0.15) is 23.9 Å². The number of amides is 1. The van der Waals surface area contributed by atoms with Crippen LogP contribution in [-0.2, 0) is 4.74 Å².